The normalized spacial score (nSPS) is 20.8. The lowest BCUT2D eigenvalue weighted by molar-refractivity contribution is -0.141. The molecule has 1 aliphatic rings. The molecule has 0 saturated carbocycles. The van der Waals surface area contributed by atoms with Crippen molar-refractivity contribution in [3.05, 3.63) is 71.7 Å². The summed E-state index contributed by atoms with van der Waals surface area (Å²) in [6, 6.07) is -0.607. The first-order chi connectivity index (χ1) is 47.3. The van der Waals surface area contributed by atoms with Crippen LogP contribution in [0.1, 0.15) is 141 Å². The number of aliphatic carboxylic acids is 2. The lowest BCUT2D eigenvalue weighted by Gasteiger charge is -2.28. The summed E-state index contributed by atoms with van der Waals surface area (Å²) >= 11 is 12.6. The van der Waals surface area contributed by atoms with E-state index in [4.69, 9.17) is 11.5 Å². The van der Waals surface area contributed by atoms with Gasteiger partial charge in [-0.1, -0.05) is 69.9 Å². The van der Waals surface area contributed by atoms with Crippen LogP contribution in [0.15, 0.2) is 54.7 Å². The van der Waals surface area contributed by atoms with Crippen LogP contribution in [0.25, 0.3) is 10.9 Å². The number of Topliss-reactive ketones (excluding diaryl/α,β-unsaturated/α-hetero) is 4. The Hall–Kier alpha value is -8.72. The number of amides is 10. The summed E-state index contributed by atoms with van der Waals surface area (Å²) in [5.74, 6) is -20.2. The molecule has 10 amide bonds. The van der Waals surface area contributed by atoms with Crippen LogP contribution in [-0.4, -0.2) is 175 Å². The molecule has 548 valence electrons. The number of thiol groups is 3. The number of carbonyl (C=O) groups is 16. The van der Waals surface area contributed by atoms with E-state index in [1.807, 2.05) is 0 Å². The van der Waals surface area contributed by atoms with Crippen LogP contribution in [-0.2, 0) is 89.6 Å². The fourth-order valence-electron chi connectivity index (χ4n) is 11.2. The molecule has 4 rings (SSSR count). The monoisotopic (exact) mass is 1450 g/mol. The number of aromatic nitrogens is 1. The molecule has 1 fully saturated rings. The summed E-state index contributed by atoms with van der Waals surface area (Å²) in [5, 5.41) is 40.5. The Labute approximate surface area is 594 Å². The number of primary amides is 2. The van der Waals surface area contributed by atoms with Crippen molar-refractivity contribution in [1.29, 1.82) is 0 Å². The highest BCUT2D eigenvalue weighted by Crippen LogP contribution is 2.25. The molecule has 3 aromatic rings. The molecule has 0 bridgehead atoms. The molecule has 2 aromatic carbocycles. The van der Waals surface area contributed by atoms with Crippen LogP contribution >= 0.6 is 37.9 Å². The molecule has 0 radical (unpaired) electrons. The van der Waals surface area contributed by atoms with Crippen molar-refractivity contribution >= 4 is 143 Å². The van der Waals surface area contributed by atoms with E-state index in [1.165, 1.54) is 19.1 Å². The Morgan fingerprint density at radius 3 is 1.88 bits per heavy atom. The zero-order valence-electron chi connectivity index (χ0n) is 56.0. The fourth-order valence-corrected chi connectivity index (χ4v) is 12.1. The van der Waals surface area contributed by atoms with Gasteiger partial charge in [0.25, 0.3) is 0 Å². The summed E-state index contributed by atoms with van der Waals surface area (Å²) < 4.78 is 13.9. The number of fused-ring (bicyclic) bond motifs is 1. The topological polar surface area (TPSA) is 478 Å². The molecule has 1 aromatic heterocycles. The highest BCUT2D eigenvalue weighted by atomic mass is 32.1. The number of carbonyl (C=O) groups excluding carboxylic acids is 14. The van der Waals surface area contributed by atoms with E-state index in [9.17, 15) is 91.3 Å². The van der Waals surface area contributed by atoms with E-state index in [0.717, 1.165) is 12.1 Å². The standard InChI is InChI=1S/C67H92FN11O18S3/c1-35(2)24-50-66(96)76-48(19-23-58(86)87)65(95)78-51(30-59(88)89)67(97)79-52(34-100)55(83)28-38(27-39-31-71-44-11-9-8-10-43(39)44)61(91)73-45(53(81)20-22-57(85)72-49(26-37-14-16-42(68)17-15-37)54(82)29-40(32-98)60(70)90)12-6-4-5-7-13-46(63(93)77-50)75-64(94)47(18-21-56(69)84)74-62(92)41(33-99)25-36(3)80/h8-11,14-17,31,35,38,40-41,45-52,71,98-100H,4-7,12-13,18-30,32-34H2,1-3H3,(H2,69,84)(H2,70,90)(H,72,85)(H,73,91)(H,74,92)(H,75,94)(H,76,96)(H,77,93)(H,78,95)(H,79,97)(H,86,87)(H,88,89)/t38-,40+,41+,45+,46+,47+,48+,49+,50+,51+,52+/m1/s1. The van der Waals surface area contributed by atoms with E-state index >= 15 is 0 Å². The second-order valence-corrected chi connectivity index (χ2v) is 26.4. The maximum absolute atomic E-state index is 15.0. The number of aromatic amines is 1. The average molecular weight is 1450 g/mol. The van der Waals surface area contributed by atoms with Gasteiger partial charge in [-0.25, -0.2) is 4.39 Å². The third-order valence-corrected chi connectivity index (χ3v) is 18.0. The summed E-state index contributed by atoms with van der Waals surface area (Å²) in [6.07, 6.45) is -4.13. The summed E-state index contributed by atoms with van der Waals surface area (Å²) in [6.45, 7) is 4.60. The van der Waals surface area contributed by atoms with Crippen LogP contribution in [0.5, 0.6) is 0 Å². The minimum atomic E-state index is -2.02. The van der Waals surface area contributed by atoms with Crippen molar-refractivity contribution in [1.82, 2.24) is 47.5 Å². The Balaban J connectivity index is 1.84. The van der Waals surface area contributed by atoms with Crippen LogP contribution in [0, 0.1) is 29.5 Å². The summed E-state index contributed by atoms with van der Waals surface area (Å²) in [4.78, 5) is 221. The van der Waals surface area contributed by atoms with Crippen LogP contribution in [0.3, 0.4) is 0 Å². The second kappa shape index (κ2) is 42.4. The first kappa shape index (κ1) is 83.7. The fraction of sp³-hybridized carbons (Fsp3) is 0.552. The van der Waals surface area contributed by atoms with Gasteiger partial charge < -0.3 is 74.0 Å². The number of halogens is 1. The molecule has 15 N–H and O–H groups in total. The van der Waals surface area contributed by atoms with Crippen molar-refractivity contribution in [2.45, 2.75) is 191 Å². The number of ketones is 4. The van der Waals surface area contributed by atoms with Crippen molar-refractivity contribution in [2.75, 3.05) is 17.3 Å². The summed E-state index contributed by atoms with van der Waals surface area (Å²) in [5.41, 5.74) is 12.6. The molecular formula is C67H92FN11O18S3. The van der Waals surface area contributed by atoms with Crippen LogP contribution in [0.4, 0.5) is 4.39 Å². The number of hydrogen-bond acceptors (Lipinski definition) is 19. The van der Waals surface area contributed by atoms with Gasteiger partial charge in [-0.3, -0.25) is 71.9 Å². The molecule has 0 unspecified atom stereocenters. The zero-order valence-corrected chi connectivity index (χ0v) is 58.7. The Morgan fingerprint density at radius 1 is 0.650 bits per heavy atom. The Morgan fingerprint density at radius 2 is 1.27 bits per heavy atom. The minimum Gasteiger partial charge on any atom is -0.481 e. The maximum atomic E-state index is 15.0. The van der Waals surface area contributed by atoms with Crippen molar-refractivity contribution in [3.63, 3.8) is 0 Å². The first-order valence-electron chi connectivity index (χ1n) is 33.0. The zero-order chi connectivity index (χ0) is 74.3. The Bertz CT molecular complexity index is 3430. The lowest BCUT2D eigenvalue weighted by Crippen LogP contribution is -2.60. The van der Waals surface area contributed by atoms with Crippen LogP contribution < -0.4 is 54.0 Å². The molecule has 11 atom stereocenters. The van der Waals surface area contributed by atoms with Gasteiger partial charge in [-0.05, 0) is 87.1 Å². The largest absolute Gasteiger partial charge is 0.481 e. The first-order valence-corrected chi connectivity index (χ1v) is 34.9. The van der Waals surface area contributed by atoms with Gasteiger partial charge in [0.2, 0.25) is 59.1 Å². The second-order valence-electron chi connectivity index (χ2n) is 25.4. The molecular weight excluding hydrogens is 1360 g/mol. The summed E-state index contributed by atoms with van der Waals surface area (Å²) in [7, 11) is 0. The third kappa shape index (κ3) is 28.9. The van der Waals surface area contributed by atoms with Crippen molar-refractivity contribution in [2.24, 2.45) is 35.1 Å². The van der Waals surface area contributed by atoms with E-state index < -0.39 is 223 Å². The number of carboxylic acids is 2. The molecule has 1 aliphatic heterocycles. The number of nitrogens with one attached hydrogen (secondary N) is 9. The van der Waals surface area contributed by atoms with E-state index in [-0.39, 0.29) is 87.9 Å². The maximum Gasteiger partial charge on any atom is 0.305 e. The third-order valence-electron chi connectivity index (χ3n) is 16.7. The van der Waals surface area contributed by atoms with Gasteiger partial charge in [0.15, 0.2) is 17.3 Å². The molecule has 2 heterocycles. The van der Waals surface area contributed by atoms with E-state index in [2.05, 4.69) is 85.4 Å². The number of rotatable bonds is 32. The number of hydrogen-bond donors (Lipinski definition) is 16. The Kier molecular flexibility index (Phi) is 35.5. The molecule has 29 nitrogen and oxygen atoms in total. The van der Waals surface area contributed by atoms with Gasteiger partial charge in [0.05, 0.1) is 36.4 Å². The van der Waals surface area contributed by atoms with Gasteiger partial charge in [-0.15, -0.1) is 0 Å². The highest BCUT2D eigenvalue weighted by molar-refractivity contribution is 7.80. The molecule has 0 aliphatic carbocycles. The lowest BCUT2D eigenvalue weighted by atomic mass is 9.90. The van der Waals surface area contributed by atoms with Crippen LogP contribution in [0.2, 0.25) is 0 Å². The molecule has 1 saturated heterocycles. The quantitative estimate of drug-likeness (QED) is 0.0392. The number of benzene rings is 2. The SMILES string of the molecule is CC(=O)C[C@@H](CS)C(=O)N[C@@H](CCC(N)=O)C(=O)N[C@H]1CCCCCC[C@@H](C(=O)CCC(=O)N[C@@H](Cc2ccc(F)cc2)C(=O)C[C@@H](CS)C(N)=O)NC(=O)[C@H](Cc2c[nH]c3ccccc23)CC(=O)[C@H](CS)NC(=O)[C@H](CC(=O)O)NC(=O)[C@H](CCC(=O)O)NC(=O)[C@H](CC(C)C)NC1=O. The molecule has 100 heavy (non-hydrogen) atoms. The van der Waals surface area contributed by atoms with E-state index in [1.54, 1.807) is 44.3 Å². The van der Waals surface area contributed by atoms with Crippen molar-refractivity contribution in [3.8, 4) is 0 Å². The average Bonchev–Trinajstić information content (AvgIpc) is 1.40. The minimum absolute atomic E-state index is 0.0956. The molecule has 33 heteroatoms. The van der Waals surface area contributed by atoms with Gasteiger partial charge in [-0.2, -0.15) is 37.9 Å². The highest BCUT2D eigenvalue weighted by Gasteiger charge is 2.37. The van der Waals surface area contributed by atoms with Gasteiger partial charge >= 0.3 is 11.9 Å². The predicted octanol–water partition coefficient (Wildman–Crippen LogP) is 1.35. The van der Waals surface area contributed by atoms with Crippen molar-refractivity contribution < 1.29 is 91.3 Å². The van der Waals surface area contributed by atoms with E-state index in [0.29, 0.717) is 22.0 Å². The number of carboxylic acid groups (broad SMARTS) is 2. The molecule has 0 spiro atoms. The number of H-pyrrole nitrogens is 1. The number of para-hydroxylation sites is 1. The van der Waals surface area contributed by atoms with Gasteiger partial charge in [0.1, 0.15) is 41.8 Å². The van der Waals surface area contributed by atoms with Gasteiger partial charge in [0, 0.05) is 85.2 Å². The smallest absolute Gasteiger partial charge is 0.305 e. The predicted molar refractivity (Wildman–Crippen MR) is 372 cm³/mol. The number of nitrogens with two attached hydrogens (primary N) is 2.